The minimum atomic E-state index is -0.238. The number of benzene rings is 1. The predicted octanol–water partition coefficient (Wildman–Crippen LogP) is 2.80. The van der Waals surface area contributed by atoms with Crippen LogP contribution in [0.15, 0.2) is 55.0 Å². The number of rotatable bonds is 5. The average molecular weight is 308 g/mol. The zero-order valence-electron chi connectivity index (χ0n) is 12.6. The Balaban J connectivity index is 1.56. The molecule has 0 radical (unpaired) electrons. The fourth-order valence-electron chi connectivity index (χ4n) is 2.11. The molecule has 0 unspecified atom stereocenters. The van der Waals surface area contributed by atoms with Crippen molar-refractivity contribution in [3.05, 3.63) is 60.6 Å². The highest BCUT2D eigenvalue weighted by Crippen LogP contribution is 2.18. The molecule has 0 aliphatic heterocycles. The molecule has 0 aliphatic rings. The van der Waals surface area contributed by atoms with Crippen molar-refractivity contribution in [2.45, 2.75) is 6.92 Å². The maximum Gasteiger partial charge on any atom is 0.294 e. The quantitative estimate of drug-likeness (QED) is 0.759. The van der Waals surface area contributed by atoms with Crippen LogP contribution in [0.2, 0.25) is 0 Å². The van der Waals surface area contributed by atoms with E-state index in [1.54, 1.807) is 18.6 Å². The molecule has 23 heavy (non-hydrogen) atoms. The number of anilines is 1. The van der Waals surface area contributed by atoms with Crippen molar-refractivity contribution >= 4 is 11.6 Å². The van der Waals surface area contributed by atoms with Crippen molar-refractivity contribution in [1.29, 1.82) is 0 Å². The van der Waals surface area contributed by atoms with Crippen molar-refractivity contribution in [2.24, 2.45) is 0 Å². The van der Waals surface area contributed by atoms with Gasteiger partial charge in [-0.05, 0) is 36.8 Å². The second-order valence-electron chi connectivity index (χ2n) is 5.04. The maximum atomic E-state index is 11.9. The van der Waals surface area contributed by atoms with Crippen LogP contribution >= 0.6 is 0 Å². The van der Waals surface area contributed by atoms with E-state index in [1.165, 1.54) is 0 Å². The Morgan fingerprint density at radius 3 is 2.87 bits per heavy atom. The van der Waals surface area contributed by atoms with E-state index in [4.69, 9.17) is 4.74 Å². The van der Waals surface area contributed by atoms with Gasteiger partial charge in [-0.1, -0.05) is 12.1 Å². The van der Waals surface area contributed by atoms with Crippen molar-refractivity contribution in [2.75, 3.05) is 11.9 Å². The van der Waals surface area contributed by atoms with Crippen LogP contribution in [0, 0.1) is 6.92 Å². The number of carbonyl (C=O) groups excluding carboxylic acids is 1. The summed E-state index contributed by atoms with van der Waals surface area (Å²) in [7, 11) is 0. The second-order valence-corrected chi connectivity index (χ2v) is 5.04. The molecule has 3 aromatic rings. The first-order chi connectivity index (χ1) is 11.2. The van der Waals surface area contributed by atoms with E-state index in [-0.39, 0.29) is 12.5 Å². The third-order valence-electron chi connectivity index (χ3n) is 3.19. The summed E-state index contributed by atoms with van der Waals surface area (Å²) in [6, 6.07) is 11.6. The topological polar surface area (TPSA) is 79.9 Å². The number of H-pyrrole nitrogens is 1. The first-order valence-electron chi connectivity index (χ1n) is 7.15. The fraction of sp³-hybridized carbons (Fsp3) is 0.118. The van der Waals surface area contributed by atoms with Gasteiger partial charge in [0.25, 0.3) is 11.9 Å². The third-order valence-corrected chi connectivity index (χ3v) is 3.19. The van der Waals surface area contributed by atoms with E-state index < -0.39 is 0 Å². The number of amides is 1. The number of imidazole rings is 1. The van der Waals surface area contributed by atoms with Crippen molar-refractivity contribution in [3.63, 3.8) is 0 Å². The van der Waals surface area contributed by atoms with Crippen molar-refractivity contribution in [3.8, 4) is 17.3 Å². The summed E-state index contributed by atoms with van der Waals surface area (Å²) >= 11 is 0. The highest BCUT2D eigenvalue weighted by molar-refractivity contribution is 5.91. The molecule has 1 aromatic carbocycles. The molecule has 6 heteroatoms. The summed E-state index contributed by atoms with van der Waals surface area (Å²) in [5.74, 6) is -0.238. The smallest absolute Gasteiger partial charge is 0.294 e. The van der Waals surface area contributed by atoms with Gasteiger partial charge in [0, 0.05) is 23.6 Å². The molecule has 1 amide bonds. The van der Waals surface area contributed by atoms with Gasteiger partial charge in [0.05, 0.1) is 11.9 Å². The Bertz CT molecular complexity index is 799. The van der Waals surface area contributed by atoms with Gasteiger partial charge in [0.1, 0.15) is 0 Å². The second kappa shape index (κ2) is 6.74. The van der Waals surface area contributed by atoms with Crippen LogP contribution in [0.25, 0.3) is 11.3 Å². The SMILES string of the molecule is Cc1cccc(NC(=O)COc2ncc(-c3ccncc3)[nH]2)c1. The van der Waals surface area contributed by atoms with Crippen LogP contribution in [0.5, 0.6) is 6.01 Å². The Morgan fingerprint density at radius 2 is 2.09 bits per heavy atom. The Morgan fingerprint density at radius 1 is 1.26 bits per heavy atom. The first kappa shape index (κ1) is 14.8. The Kier molecular flexibility index (Phi) is 4.33. The molecule has 0 saturated carbocycles. The first-order valence-corrected chi connectivity index (χ1v) is 7.15. The number of nitrogens with zero attached hydrogens (tertiary/aromatic N) is 2. The van der Waals surface area contributed by atoms with Crippen LogP contribution in [0.4, 0.5) is 5.69 Å². The van der Waals surface area contributed by atoms with Crippen molar-refractivity contribution in [1.82, 2.24) is 15.0 Å². The zero-order valence-corrected chi connectivity index (χ0v) is 12.6. The molecular formula is C17H16N4O2. The lowest BCUT2D eigenvalue weighted by Crippen LogP contribution is -2.20. The predicted molar refractivity (Wildman–Crippen MR) is 87.1 cm³/mol. The minimum Gasteiger partial charge on any atom is -0.455 e. The number of carbonyl (C=O) groups is 1. The van der Waals surface area contributed by atoms with Crippen LogP contribution < -0.4 is 10.1 Å². The summed E-state index contributed by atoms with van der Waals surface area (Å²) in [5.41, 5.74) is 3.58. The molecule has 2 heterocycles. The van der Waals surface area contributed by atoms with Crippen LogP contribution in [0.1, 0.15) is 5.56 Å². The monoisotopic (exact) mass is 308 g/mol. The minimum absolute atomic E-state index is 0.114. The average Bonchev–Trinajstić information content (AvgIpc) is 3.03. The van der Waals surface area contributed by atoms with Gasteiger partial charge in [-0.3, -0.25) is 9.78 Å². The number of hydrogen-bond acceptors (Lipinski definition) is 4. The number of aryl methyl sites for hydroxylation is 1. The van der Waals surface area contributed by atoms with E-state index in [9.17, 15) is 4.79 Å². The van der Waals surface area contributed by atoms with Gasteiger partial charge < -0.3 is 15.0 Å². The summed E-state index contributed by atoms with van der Waals surface area (Å²) in [6.45, 7) is 1.85. The molecular weight excluding hydrogens is 292 g/mol. The molecule has 0 spiro atoms. The van der Waals surface area contributed by atoms with E-state index in [0.717, 1.165) is 22.5 Å². The van der Waals surface area contributed by atoms with Crippen LogP contribution in [0.3, 0.4) is 0 Å². The molecule has 0 fully saturated rings. The molecule has 0 aliphatic carbocycles. The third kappa shape index (κ3) is 3.94. The molecule has 3 rings (SSSR count). The fourth-order valence-corrected chi connectivity index (χ4v) is 2.11. The Hall–Kier alpha value is -3.15. The molecule has 2 N–H and O–H groups in total. The lowest BCUT2D eigenvalue weighted by molar-refractivity contribution is -0.118. The highest BCUT2D eigenvalue weighted by Gasteiger charge is 2.07. The van der Waals surface area contributed by atoms with Gasteiger partial charge >= 0.3 is 0 Å². The van der Waals surface area contributed by atoms with E-state index in [1.807, 2.05) is 43.3 Å². The summed E-state index contributed by atoms with van der Waals surface area (Å²) < 4.78 is 5.38. The zero-order chi connectivity index (χ0) is 16.1. The number of aromatic nitrogens is 3. The molecule has 0 saturated heterocycles. The van der Waals surface area contributed by atoms with Gasteiger partial charge in [-0.15, -0.1) is 0 Å². The lowest BCUT2D eigenvalue weighted by Gasteiger charge is -2.06. The number of aromatic amines is 1. The van der Waals surface area contributed by atoms with Crippen molar-refractivity contribution < 1.29 is 9.53 Å². The lowest BCUT2D eigenvalue weighted by atomic mass is 10.2. The molecule has 0 bridgehead atoms. The normalized spacial score (nSPS) is 10.3. The number of hydrogen-bond donors (Lipinski definition) is 2. The number of ether oxygens (including phenoxy) is 1. The summed E-state index contributed by atoms with van der Waals surface area (Å²) in [5, 5.41) is 2.78. The molecule has 2 aromatic heterocycles. The Labute approximate surface area is 133 Å². The molecule has 6 nitrogen and oxygen atoms in total. The van der Waals surface area contributed by atoms with E-state index in [0.29, 0.717) is 6.01 Å². The van der Waals surface area contributed by atoms with E-state index in [2.05, 4.69) is 20.3 Å². The van der Waals surface area contributed by atoms with Gasteiger partial charge in [-0.25, -0.2) is 4.98 Å². The van der Waals surface area contributed by atoms with Crippen LogP contribution in [-0.4, -0.2) is 27.5 Å². The summed E-state index contributed by atoms with van der Waals surface area (Å²) in [4.78, 5) is 23.0. The van der Waals surface area contributed by atoms with Gasteiger partial charge in [0.15, 0.2) is 6.61 Å². The molecule has 116 valence electrons. The standard InChI is InChI=1S/C17H16N4O2/c1-12-3-2-4-14(9-12)20-16(22)11-23-17-19-10-15(21-17)13-5-7-18-8-6-13/h2-10H,11H2,1H3,(H,19,21)(H,20,22). The number of nitrogens with one attached hydrogen (secondary N) is 2. The van der Waals surface area contributed by atoms with Crippen LogP contribution in [-0.2, 0) is 4.79 Å². The van der Waals surface area contributed by atoms with E-state index >= 15 is 0 Å². The largest absolute Gasteiger partial charge is 0.455 e. The van der Waals surface area contributed by atoms with Gasteiger partial charge in [0.2, 0.25) is 0 Å². The highest BCUT2D eigenvalue weighted by atomic mass is 16.5. The maximum absolute atomic E-state index is 11.9. The number of pyridine rings is 1. The van der Waals surface area contributed by atoms with Gasteiger partial charge in [-0.2, -0.15) is 0 Å². The molecule has 0 atom stereocenters. The summed E-state index contributed by atoms with van der Waals surface area (Å²) in [6.07, 6.45) is 5.06.